The summed E-state index contributed by atoms with van der Waals surface area (Å²) >= 11 is 0. The van der Waals surface area contributed by atoms with Gasteiger partial charge >= 0.3 is 0 Å². The number of aryl methyl sites for hydroxylation is 2. The maximum absolute atomic E-state index is 11.8. The summed E-state index contributed by atoms with van der Waals surface area (Å²) in [5.74, 6) is 0.576. The van der Waals surface area contributed by atoms with Gasteiger partial charge in [0.2, 0.25) is 7.37 Å². The average molecular weight is 362 g/mol. The van der Waals surface area contributed by atoms with E-state index in [1.807, 2.05) is 38.1 Å². The van der Waals surface area contributed by atoms with E-state index in [9.17, 15) is 14.6 Å². The Bertz CT molecular complexity index is 788. The van der Waals surface area contributed by atoms with Crippen LogP contribution in [-0.2, 0) is 17.1 Å². The van der Waals surface area contributed by atoms with Gasteiger partial charge in [-0.05, 0) is 65.6 Å². The number of aliphatic hydroxyl groups is 1. The number of hydrogen-bond acceptors (Lipinski definition) is 3. The molecule has 1 unspecified atom stereocenters. The summed E-state index contributed by atoms with van der Waals surface area (Å²) in [6.45, 7) is 8.10. The highest BCUT2D eigenvalue weighted by Crippen LogP contribution is 2.43. The van der Waals surface area contributed by atoms with Crippen molar-refractivity contribution in [2.45, 2.75) is 46.2 Å². The van der Waals surface area contributed by atoms with Crippen molar-refractivity contribution in [3.8, 4) is 5.75 Å². The molecule has 0 saturated heterocycles. The third-order valence-corrected chi connectivity index (χ3v) is 5.80. The van der Waals surface area contributed by atoms with Crippen LogP contribution in [0.4, 0.5) is 0 Å². The second kappa shape index (κ2) is 7.74. The zero-order valence-corrected chi connectivity index (χ0v) is 16.2. The molecule has 3 N–H and O–H groups in total. The van der Waals surface area contributed by atoms with Crippen LogP contribution in [0, 0.1) is 13.8 Å². The van der Waals surface area contributed by atoms with Crippen LogP contribution in [0.3, 0.4) is 0 Å². The highest BCUT2D eigenvalue weighted by atomic mass is 31.2. The molecular formula is C20H27O4P. The van der Waals surface area contributed by atoms with Crippen LogP contribution in [0.15, 0.2) is 30.3 Å². The number of benzene rings is 2. The lowest BCUT2D eigenvalue weighted by molar-refractivity contribution is 0.332. The molecule has 0 aliphatic heterocycles. The quantitative estimate of drug-likeness (QED) is 0.664. The first-order valence-electron chi connectivity index (χ1n) is 8.45. The highest BCUT2D eigenvalue weighted by molar-refractivity contribution is 7.56. The number of phenolic OH excluding ortho intramolecular Hbond substituents is 1. The van der Waals surface area contributed by atoms with Gasteiger partial charge in [-0.25, -0.2) is 0 Å². The van der Waals surface area contributed by atoms with Gasteiger partial charge in [-0.2, -0.15) is 0 Å². The van der Waals surface area contributed by atoms with Crippen molar-refractivity contribution in [2.24, 2.45) is 0 Å². The van der Waals surface area contributed by atoms with Crippen LogP contribution in [0.5, 0.6) is 5.75 Å². The molecule has 0 aromatic heterocycles. The largest absolute Gasteiger partial charge is 0.508 e. The predicted molar refractivity (Wildman–Crippen MR) is 102 cm³/mol. The van der Waals surface area contributed by atoms with E-state index in [0.29, 0.717) is 5.75 Å². The molecule has 2 aromatic carbocycles. The van der Waals surface area contributed by atoms with Gasteiger partial charge in [0.15, 0.2) is 0 Å². The summed E-state index contributed by atoms with van der Waals surface area (Å²) in [7, 11) is -3.51. The van der Waals surface area contributed by atoms with Crippen LogP contribution in [0.2, 0.25) is 0 Å². The van der Waals surface area contributed by atoms with Gasteiger partial charge in [0.1, 0.15) is 12.1 Å². The SMILES string of the molecule is Cc1cc(CP(=O)(O)CO)cc(C)c1Cc1ccc(O)c(C(C)C)c1. The van der Waals surface area contributed by atoms with E-state index in [1.165, 1.54) is 5.56 Å². The van der Waals surface area contributed by atoms with Crippen molar-refractivity contribution < 1.29 is 19.7 Å². The maximum Gasteiger partial charge on any atom is 0.229 e. The zero-order valence-electron chi connectivity index (χ0n) is 15.3. The lowest BCUT2D eigenvalue weighted by Gasteiger charge is -2.16. The normalized spacial score (nSPS) is 13.9. The Kier molecular flexibility index (Phi) is 6.10. The summed E-state index contributed by atoms with van der Waals surface area (Å²) in [4.78, 5) is 9.65. The van der Waals surface area contributed by atoms with Crippen LogP contribution >= 0.6 is 7.37 Å². The average Bonchev–Trinajstić information content (AvgIpc) is 2.51. The van der Waals surface area contributed by atoms with Crippen LogP contribution in [-0.4, -0.2) is 21.5 Å². The van der Waals surface area contributed by atoms with E-state index in [1.54, 1.807) is 6.07 Å². The van der Waals surface area contributed by atoms with E-state index in [0.717, 1.165) is 34.2 Å². The summed E-state index contributed by atoms with van der Waals surface area (Å²) in [5.41, 5.74) is 6.14. The summed E-state index contributed by atoms with van der Waals surface area (Å²) < 4.78 is 11.8. The first kappa shape index (κ1) is 19.7. The first-order chi connectivity index (χ1) is 11.6. The van der Waals surface area contributed by atoms with Crippen molar-refractivity contribution in [1.82, 2.24) is 0 Å². The minimum Gasteiger partial charge on any atom is -0.508 e. The number of aliphatic hydroxyl groups excluding tert-OH is 1. The lowest BCUT2D eigenvalue weighted by atomic mass is 9.92. The number of hydrogen-bond donors (Lipinski definition) is 3. The van der Waals surface area contributed by atoms with Gasteiger partial charge in [-0.1, -0.05) is 38.1 Å². The maximum atomic E-state index is 11.8. The molecule has 0 aliphatic rings. The fraction of sp³-hybridized carbons (Fsp3) is 0.400. The number of phenols is 1. The van der Waals surface area contributed by atoms with E-state index in [-0.39, 0.29) is 12.1 Å². The Labute approximate surface area is 149 Å². The Balaban J connectivity index is 2.32. The molecule has 0 heterocycles. The van der Waals surface area contributed by atoms with Gasteiger partial charge in [0.05, 0.1) is 6.16 Å². The molecular weight excluding hydrogens is 335 g/mol. The van der Waals surface area contributed by atoms with E-state index < -0.39 is 13.7 Å². The molecule has 0 spiro atoms. The molecule has 0 saturated carbocycles. The van der Waals surface area contributed by atoms with Gasteiger partial charge < -0.3 is 15.1 Å². The molecule has 0 aliphatic carbocycles. The molecule has 136 valence electrons. The van der Waals surface area contributed by atoms with Crippen molar-refractivity contribution in [3.63, 3.8) is 0 Å². The van der Waals surface area contributed by atoms with Crippen LogP contribution in [0.25, 0.3) is 0 Å². The minimum absolute atomic E-state index is 0.0117. The van der Waals surface area contributed by atoms with Crippen molar-refractivity contribution in [2.75, 3.05) is 6.35 Å². The van der Waals surface area contributed by atoms with Gasteiger partial charge in [0, 0.05) is 0 Å². The van der Waals surface area contributed by atoms with Crippen molar-refractivity contribution >= 4 is 7.37 Å². The third-order valence-electron chi connectivity index (χ3n) is 4.50. The summed E-state index contributed by atoms with van der Waals surface area (Å²) in [6.07, 6.45) is 0.0369. The van der Waals surface area contributed by atoms with E-state index in [2.05, 4.69) is 13.8 Å². The minimum atomic E-state index is -3.51. The topological polar surface area (TPSA) is 77.8 Å². The monoisotopic (exact) mass is 362 g/mol. The summed E-state index contributed by atoms with van der Waals surface area (Å²) in [5, 5.41) is 19.0. The van der Waals surface area contributed by atoms with Crippen molar-refractivity contribution in [1.29, 1.82) is 0 Å². The van der Waals surface area contributed by atoms with Crippen LogP contribution in [0.1, 0.15) is 53.1 Å². The lowest BCUT2D eigenvalue weighted by Crippen LogP contribution is -2.00. The van der Waals surface area contributed by atoms with Gasteiger partial charge in [-0.15, -0.1) is 0 Å². The smallest absolute Gasteiger partial charge is 0.229 e. The number of rotatable bonds is 6. The van der Waals surface area contributed by atoms with Gasteiger partial charge in [-0.3, -0.25) is 4.57 Å². The second-order valence-electron chi connectivity index (χ2n) is 7.08. The van der Waals surface area contributed by atoms with E-state index in [4.69, 9.17) is 5.11 Å². The fourth-order valence-corrected chi connectivity index (χ4v) is 4.02. The number of aromatic hydroxyl groups is 1. The molecule has 0 radical (unpaired) electrons. The highest BCUT2D eigenvalue weighted by Gasteiger charge is 2.18. The molecule has 4 nitrogen and oxygen atoms in total. The van der Waals surface area contributed by atoms with Crippen LogP contribution < -0.4 is 0 Å². The third kappa shape index (κ3) is 4.94. The predicted octanol–water partition coefficient (Wildman–Crippen LogP) is 4.44. The standard InChI is InChI=1S/C20H27O4P/c1-13(2)18-9-16(5-6-20(18)22)10-19-14(3)7-17(8-15(19)4)11-25(23,24)12-21/h5-9,13,21-22H,10-12H2,1-4H3,(H,23,24). The molecule has 0 amide bonds. The zero-order chi connectivity index (χ0) is 18.8. The Morgan fingerprint density at radius 1 is 1.04 bits per heavy atom. The molecule has 25 heavy (non-hydrogen) atoms. The molecule has 2 rings (SSSR count). The second-order valence-corrected chi connectivity index (χ2v) is 9.37. The Hall–Kier alpha value is -1.61. The Morgan fingerprint density at radius 2 is 1.64 bits per heavy atom. The summed E-state index contributed by atoms with van der Waals surface area (Å²) in [6, 6.07) is 9.56. The molecule has 0 bridgehead atoms. The molecule has 5 heteroatoms. The Morgan fingerprint density at radius 3 is 2.16 bits per heavy atom. The molecule has 1 atom stereocenters. The first-order valence-corrected chi connectivity index (χ1v) is 10.5. The molecule has 2 aromatic rings. The van der Waals surface area contributed by atoms with Gasteiger partial charge in [0.25, 0.3) is 0 Å². The van der Waals surface area contributed by atoms with Crippen molar-refractivity contribution in [3.05, 3.63) is 63.7 Å². The van der Waals surface area contributed by atoms with E-state index >= 15 is 0 Å². The fourth-order valence-electron chi connectivity index (χ4n) is 3.17. The molecule has 0 fully saturated rings.